The van der Waals surface area contributed by atoms with Crippen LogP contribution in [0.25, 0.3) is 21.9 Å². The van der Waals surface area contributed by atoms with E-state index in [0.717, 1.165) is 22.2 Å². The van der Waals surface area contributed by atoms with E-state index in [-0.39, 0.29) is 18.1 Å². The van der Waals surface area contributed by atoms with Crippen molar-refractivity contribution >= 4 is 45.3 Å². The summed E-state index contributed by atoms with van der Waals surface area (Å²) in [6, 6.07) is 13.1. The predicted molar refractivity (Wildman–Crippen MR) is 117 cm³/mol. The van der Waals surface area contributed by atoms with E-state index in [4.69, 9.17) is 0 Å². The smallest absolute Gasteiger partial charge is 0.274 e. The molecule has 148 valence electrons. The third kappa shape index (κ3) is 3.30. The number of aromatic amines is 2. The molecule has 5 rings (SSSR count). The highest BCUT2D eigenvalue weighted by molar-refractivity contribution is 6.15. The number of fused-ring (bicyclic) bond motifs is 2. The number of carbonyl (C=O) groups excluding carboxylic acids is 2. The van der Waals surface area contributed by atoms with Crippen LogP contribution in [-0.4, -0.2) is 32.4 Å². The molecule has 3 heterocycles. The van der Waals surface area contributed by atoms with Gasteiger partial charge >= 0.3 is 0 Å². The first-order valence-corrected chi connectivity index (χ1v) is 9.70. The molecule has 0 aliphatic carbocycles. The topological polar surface area (TPSA) is 103 Å². The number of allylic oxidation sites excluding steroid dienone is 1. The molecule has 30 heavy (non-hydrogen) atoms. The maximum atomic E-state index is 12.7. The van der Waals surface area contributed by atoms with Gasteiger partial charge in [-0.3, -0.25) is 19.9 Å². The standard InChI is InChI=1S/C23H19N5O2/c1-13-7-8-17-14(10-13)11-19(25-17)22(30)28-23-26-18-6-2-5-16(21(18)27-23)20(29)12-15-4-3-9-24-15/h2-3,5-11,25H,4,12H2,1H3,(H2,26,27,28,30). The highest BCUT2D eigenvalue weighted by Gasteiger charge is 2.18. The van der Waals surface area contributed by atoms with Crippen molar-refractivity contribution < 1.29 is 9.59 Å². The van der Waals surface area contributed by atoms with Gasteiger partial charge in [0.1, 0.15) is 11.2 Å². The van der Waals surface area contributed by atoms with Crippen molar-refractivity contribution in [1.82, 2.24) is 15.0 Å². The Kier molecular flexibility index (Phi) is 4.28. The number of benzene rings is 2. The number of Topliss-reactive ketones (excluding diaryl/α,β-unsaturated/α-hetero) is 1. The number of amides is 1. The van der Waals surface area contributed by atoms with Crippen LogP contribution in [0.4, 0.5) is 5.95 Å². The quantitative estimate of drug-likeness (QED) is 0.431. The van der Waals surface area contributed by atoms with Crippen LogP contribution in [0.2, 0.25) is 0 Å². The minimum absolute atomic E-state index is 0.0431. The number of para-hydroxylation sites is 1. The lowest BCUT2D eigenvalue weighted by Gasteiger charge is -2.01. The summed E-state index contributed by atoms with van der Waals surface area (Å²) in [6.07, 6.45) is 4.61. The van der Waals surface area contributed by atoms with Crippen LogP contribution >= 0.6 is 0 Å². The second kappa shape index (κ2) is 7.11. The third-order valence-corrected chi connectivity index (χ3v) is 5.15. The fraction of sp³-hybridized carbons (Fsp3) is 0.130. The molecule has 0 atom stereocenters. The van der Waals surface area contributed by atoms with E-state index in [1.807, 2.05) is 43.3 Å². The lowest BCUT2D eigenvalue weighted by atomic mass is 10.0. The molecule has 0 saturated carbocycles. The second-order valence-electron chi connectivity index (χ2n) is 7.40. The van der Waals surface area contributed by atoms with E-state index in [2.05, 4.69) is 25.3 Å². The van der Waals surface area contributed by atoms with E-state index in [9.17, 15) is 9.59 Å². The van der Waals surface area contributed by atoms with Crippen molar-refractivity contribution in [2.24, 2.45) is 4.99 Å². The molecule has 0 saturated heterocycles. The molecule has 4 aromatic rings. The fourth-order valence-electron chi connectivity index (χ4n) is 3.66. The Balaban J connectivity index is 1.40. The van der Waals surface area contributed by atoms with Gasteiger partial charge < -0.3 is 9.97 Å². The summed E-state index contributed by atoms with van der Waals surface area (Å²) in [5, 5.41) is 3.75. The van der Waals surface area contributed by atoms with Gasteiger partial charge in [-0.2, -0.15) is 0 Å². The summed E-state index contributed by atoms with van der Waals surface area (Å²) >= 11 is 0. The fourth-order valence-corrected chi connectivity index (χ4v) is 3.66. The van der Waals surface area contributed by atoms with Gasteiger partial charge in [0, 0.05) is 41.2 Å². The summed E-state index contributed by atoms with van der Waals surface area (Å²) in [7, 11) is 0. The summed E-state index contributed by atoms with van der Waals surface area (Å²) in [6.45, 7) is 2.01. The van der Waals surface area contributed by atoms with Crippen LogP contribution in [0.5, 0.6) is 0 Å². The van der Waals surface area contributed by atoms with Crippen molar-refractivity contribution in [3.63, 3.8) is 0 Å². The molecule has 7 nitrogen and oxygen atoms in total. The molecule has 1 aliphatic rings. The van der Waals surface area contributed by atoms with Crippen LogP contribution in [-0.2, 0) is 0 Å². The first kappa shape index (κ1) is 18.1. The minimum atomic E-state index is -0.304. The molecular formula is C23H19N5O2. The zero-order chi connectivity index (χ0) is 20.7. The van der Waals surface area contributed by atoms with Crippen LogP contribution in [0, 0.1) is 6.92 Å². The van der Waals surface area contributed by atoms with E-state index in [0.29, 0.717) is 34.7 Å². The number of aromatic nitrogens is 3. The Hall–Kier alpha value is -4.00. The van der Waals surface area contributed by atoms with Gasteiger partial charge in [-0.15, -0.1) is 0 Å². The Morgan fingerprint density at radius 2 is 2.00 bits per heavy atom. The average molecular weight is 397 g/mol. The second-order valence-corrected chi connectivity index (χ2v) is 7.40. The van der Waals surface area contributed by atoms with Gasteiger partial charge in [0.25, 0.3) is 5.91 Å². The number of nitrogens with zero attached hydrogens (tertiary/aromatic N) is 2. The maximum absolute atomic E-state index is 12.7. The lowest BCUT2D eigenvalue weighted by Crippen LogP contribution is -2.13. The Morgan fingerprint density at radius 1 is 1.10 bits per heavy atom. The monoisotopic (exact) mass is 397 g/mol. The number of H-pyrrole nitrogens is 2. The lowest BCUT2D eigenvalue weighted by molar-refractivity contribution is 0.0998. The van der Waals surface area contributed by atoms with E-state index < -0.39 is 0 Å². The zero-order valence-corrected chi connectivity index (χ0v) is 16.3. The molecule has 1 amide bonds. The number of anilines is 1. The number of aryl methyl sites for hydroxylation is 1. The number of aliphatic imine (C=N–C) groups is 1. The van der Waals surface area contributed by atoms with E-state index >= 15 is 0 Å². The normalized spacial score (nSPS) is 13.2. The molecule has 0 fully saturated rings. The maximum Gasteiger partial charge on any atom is 0.274 e. The van der Waals surface area contributed by atoms with Gasteiger partial charge in [-0.1, -0.05) is 23.8 Å². The molecule has 0 radical (unpaired) electrons. The molecule has 0 unspecified atom stereocenters. The Bertz CT molecular complexity index is 1370. The number of nitrogens with one attached hydrogen (secondary N) is 3. The van der Waals surface area contributed by atoms with Crippen LogP contribution < -0.4 is 5.32 Å². The molecule has 7 heteroatoms. The molecule has 0 spiro atoms. The van der Waals surface area contributed by atoms with Gasteiger partial charge in [0.15, 0.2) is 5.78 Å². The summed E-state index contributed by atoms with van der Waals surface area (Å²) in [5.41, 5.74) is 5.05. The number of carbonyl (C=O) groups is 2. The molecule has 2 aromatic heterocycles. The number of hydrogen-bond acceptors (Lipinski definition) is 4. The van der Waals surface area contributed by atoms with E-state index in [1.165, 1.54) is 0 Å². The molecule has 1 aliphatic heterocycles. The molecular weight excluding hydrogens is 378 g/mol. The zero-order valence-electron chi connectivity index (χ0n) is 16.3. The molecule has 3 N–H and O–H groups in total. The van der Waals surface area contributed by atoms with Crippen LogP contribution in [0.1, 0.15) is 39.3 Å². The average Bonchev–Trinajstić information content (AvgIpc) is 3.45. The van der Waals surface area contributed by atoms with Crippen molar-refractivity contribution in [2.45, 2.75) is 19.8 Å². The van der Waals surface area contributed by atoms with Gasteiger partial charge in [-0.25, -0.2) is 4.98 Å². The third-order valence-electron chi connectivity index (χ3n) is 5.15. The summed E-state index contributed by atoms with van der Waals surface area (Å²) in [5.74, 6) is -0.0504. The van der Waals surface area contributed by atoms with Crippen molar-refractivity contribution in [2.75, 3.05) is 5.32 Å². The summed E-state index contributed by atoms with van der Waals surface area (Å²) in [4.78, 5) is 40.3. The van der Waals surface area contributed by atoms with Gasteiger partial charge in [-0.05, 0) is 37.3 Å². The van der Waals surface area contributed by atoms with Crippen LogP contribution in [0.15, 0.2) is 59.7 Å². The predicted octanol–water partition coefficient (Wildman–Crippen LogP) is 4.54. The van der Waals surface area contributed by atoms with Gasteiger partial charge in [0.05, 0.1) is 5.52 Å². The first-order chi connectivity index (χ1) is 14.6. The summed E-state index contributed by atoms with van der Waals surface area (Å²) < 4.78 is 0. The number of rotatable bonds is 5. The Morgan fingerprint density at radius 3 is 2.83 bits per heavy atom. The molecule has 0 bridgehead atoms. The van der Waals surface area contributed by atoms with Gasteiger partial charge in [0.2, 0.25) is 5.95 Å². The minimum Gasteiger partial charge on any atom is -0.351 e. The molecule has 2 aromatic carbocycles. The number of ketones is 1. The van der Waals surface area contributed by atoms with E-state index in [1.54, 1.807) is 18.3 Å². The van der Waals surface area contributed by atoms with Crippen molar-refractivity contribution in [3.8, 4) is 0 Å². The highest BCUT2D eigenvalue weighted by Crippen LogP contribution is 2.22. The number of hydrogen-bond donors (Lipinski definition) is 3. The first-order valence-electron chi connectivity index (χ1n) is 9.70. The largest absolute Gasteiger partial charge is 0.351 e. The van der Waals surface area contributed by atoms with Crippen LogP contribution in [0.3, 0.4) is 0 Å². The SMILES string of the molecule is Cc1ccc2[nH]c(C(=O)Nc3nc4c(C(=O)CC5=NC=CC5)cccc4[nH]3)cc2c1. The Labute approximate surface area is 171 Å². The number of imidazole rings is 1. The van der Waals surface area contributed by atoms with Crippen molar-refractivity contribution in [3.05, 3.63) is 71.6 Å². The van der Waals surface area contributed by atoms with Crippen molar-refractivity contribution in [1.29, 1.82) is 0 Å². The highest BCUT2D eigenvalue weighted by atomic mass is 16.2.